The van der Waals surface area contributed by atoms with Gasteiger partial charge in [-0.1, -0.05) is 5.16 Å². The third kappa shape index (κ3) is 2.45. The summed E-state index contributed by atoms with van der Waals surface area (Å²) in [6, 6.07) is 5.77. The van der Waals surface area contributed by atoms with Crippen molar-refractivity contribution < 1.29 is 8.94 Å². The van der Waals surface area contributed by atoms with Crippen molar-refractivity contribution in [2.45, 2.75) is 12.5 Å². The summed E-state index contributed by atoms with van der Waals surface area (Å²) >= 11 is 0. The maximum absolute atomic E-state index is 5.37. The topological polar surface area (TPSA) is 68.2 Å². The van der Waals surface area contributed by atoms with Gasteiger partial charge in [-0.2, -0.15) is 4.98 Å². The third-order valence-corrected chi connectivity index (χ3v) is 3.65. The Bertz CT molecular complexity index is 702. The molecular formula is C15H14N4O2. The predicted molar refractivity (Wildman–Crippen MR) is 74.3 cm³/mol. The van der Waals surface area contributed by atoms with Gasteiger partial charge in [0, 0.05) is 43.2 Å². The van der Waals surface area contributed by atoms with Crippen LogP contribution in [-0.2, 0) is 6.54 Å². The lowest BCUT2D eigenvalue weighted by atomic mass is 9.99. The number of aromatic nitrogens is 3. The minimum atomic E-state index is 0.315. The van der Waals surface area contributed by atoms with Crippen molar-refractivity contribution in [3.8, 4) is 11.4 Å². The molecule has 0 radical (unpaired) electrons. The molecule has 1 fully saturated rings. The van der Waals surface area contributed by atoms with Crippen LogP contribution in [0.25, 0.3) is 11.4 Å². The molecule has 6 nitrogen and oxygen atoms in total. The quantitative estimate of drug-likeness (QED) is 0.731. The number of likely N-dealkylation sites (tertiary alicyclic amines) is 1. The molecule has 1 aliphatic heterocycles. The van der Waals surface area contributed by atoms with Gasteiger partial charge in [0.15, 0.2) is 0 Å². The smallest absolute Gasteiger partial charge is 0.232 e. The van der Waals surface area contributed by atoms with Crippen LogP contribution in [0.1, 0.15) is 17.4 Å². The Balaban J connectivity index is 1.40. The second-order valence-electron chi connectivity index (χ2n) is 5.22. The van der Waals surface area contributed by atoms with E-state index in [1.54, 1.807) is 24.9 Å². The van der Waals surface area contributed by atoms with Gasteiger partial charge in [-0.25, -0.2) is 0 Å². The molecule has 1 saturated heterocycles. The highest BCUT2D eigenvalue weighted by Crippen LogP contribution is 2.28. The summed E-state index contributed by atoms with van der Waals surface area (Å²) in [4.78, 5) is 10.9. The van der Waals surface area contributed by atoms with Gasteiger partial charge in [0.2, 0.25) is 11.7 Å². The maximum atomic E-state index is 5.37. The molecule has 4 heterocycles. The zero-order valence-corrected chi connectivity index (χ0v) is 11.3. The molecule has 0 spiro atoms. The molecule has 0 unspecified atom stereocenters. The first kappa shape index (κ1) is 12.3. The van der Waals surface area contributed by atoms with Crippen LogP contribution in [0.3, 0.4) is 0 Å². The van der Waals surface area contributed by atoms with E-state index in [-0.39, 0.29) is 0 Å². The normalized spacial score (nSPS) is 16.0. The molecule has 21 heavy (non-hydrogen) atoms. The van der Waals surface area contributed by atoms with E-state index in [4.69, 9.17) is 8.94 Å². The van der Waals surface area contributed by atoms with Crippen LogP contribution < -0.4 is 0 Å². The highest BCUT2D eigenvalue weighted by molar-refractivity contribution is 5.51. The minimum Gasteiger partial charge on any atom is -0.472 e. The van der Waals surface area contributed by atoms with Crippen LogP contribution >= 0.6 is 0 Å². The van der Waals surface area contributed by atoms with Gasteiger partial charge in [0.1, 0.15) is 0 Å². The van der Waals surface area contributed by atoms with Gasteiger partial charge in [-0.3, -0.25) is 9.88 Å². The summed E-state index contributed by atoms with van der Waals surface area (Å²) in [5, 5.41) is 4.03. The molecule has 0 atom stereocenters. The molecule has 1 aliphatic rings. The fourth-order valence-electron chi connectivity index (χ4n) is 2.51. The Kier molecular flexibility index (Phi) is 3.01. The first-order valence-corrected chi connectivity index (χ1v) is 6.86. The number of hydrogen-bond donors (Lipinski definition) is 0. The minimum absolute atomic E-state index is 0.315. The van der Waals surface area contributed by atoms with Gasteiger partial charge in [-0.05, 0) is 18.2 Å². The Labute approximate surface area is 121 Å². The van der Waals surface area contributed by atoms with E-state index in [1.807, 2.05) is 18.2 Å². The van der Waals surface area contributed by atoms with E-state index >= 15 is 0 Å². The molecule has 3 aromatic heterocycles. The number of rotatable bonds is 4. The SMILES string of the molecule is c1cncc(-c2noc(C3CN(Cc4ccoc4)C3)n2)c1. The Hall–Kier alpha value is -2.47. The van der Waals surface area contributed by atoms with Crippen LogP contribution in [0.2, 0.25) is 0 Å². The fourth-order valence-corrected chi connectivity index (χ4v) is 2.51. The van der Waals surface area contributed by atoms with Crippen molar-refractivity contribution in [1.82, 2.24) is 20.0 Å². The van der Waals surface area contributed by atoms with Gasteiger partial charge in [0.25, 0.3) is 0 Å². The number of furan rings is 1. The Morgan fingerprint density at radius 1 is 1.29 bits per heavy atom. The summed E-state index contributed by atoms with van der Waals surface area (Å²) in [6.07, 6.45) is 6.94. The molecule has 0 saturated carbocycles. The Morgan fingerprint density at radius 3 is 3.00 bits per heavy atom. The molecule has 106 valence electrons. The van der Waals surface area contributed by atoms with Crippen LogP contribution in [-0.4, -0.2) is 33.1 Å². The molecule has 4 rings (SSSR count). The van der Waals surface area contributed by atoms with Crippen molar-refractivity contribution in [1.29, 1.82) is 0 Å². The van der Waals surface area contributed by atoms with Crippen LogP contribution in [0.15, 0.2) is 52.1 Å². The largest absolute Gasteiger partial charge is 0.472 e. The van der Waals surface area contributed by atoms with E-state index in [1.165, 1.54) is 5.56 Å². The Morgan fingerprint density at radius 2 is 2.24 bits per heavy atom. The summed E-state index contributed by atoms with van der Waals surface area (Å²) in [5.41, 5.74) is 2.07. The molecule has 0 aromatic carbocycles. The van der Waals surface area contributed by atoms with Gasteiger partial charge < -0.3 is 8.94 Å². The van der Waals surface area contributed by atoms with E-state index in [9.17, 15) is 0 Å². The van der Waals surface area contributed by atoms with Gasteiger partial charge in [-0.15, -0.1) is 0 Å². The first-order valence-electron chi connectivity index (χ1n) is 6.86. The average Bonchev–Trinajstić information content (AvgIpc) is 3.15. The standard InChI is InChI=1S/C15H14N4O2/c1-2-12(6-16-4-1)14-17-15(21-18-14)13-8-19(9-13)7-11-3-5-20-10-11/h1-6,10,13H,7-9H2. The van der Waals surface area contributed by atoms with Crippen molar-refractivity contribution in [2.24, 2.45) is 0 Å². The lowest BCUT2D eigenvalue weighted by Crippen LogP contribution is -2.44. The van der Waals surface area contributed by atoms with E-state index < -0.39 is 0 Å². The van der Waals surface area contributed by atoms with Crippen molar-refractivity contribution in [2.75, 3.05) is 13.1 Å². The van der Waals surface area contributed by atoms with Crippen LogP contribution in [0, 0.1) is 0 Å². The van der Waals surface area contributed by atoms with Crippen LogP contribution in [0.4, 0.5) is 0 Å². The van der Waals surface area contributed by atoms with Gasteiger partial charge >= 0.3 is 0 Å². The molecule has 0 aliphatic carbocycles. The summed E-state index contributed by atoms with van der Waals surface area (Å²) in [7, 11) is 0. The average molecular weight is 282 g/mol. The highest BCUT2D eigenvalue weighted by atomic mass is 16.5. The first-order chi connectivity index (χ1) is 10.4. The predicted octanol–water partition coefficient (Wildman–Crippen LogP) is 2.32. The second-order valence-corrected chi connectivity index (χ2v) is 5.22. The zero-order valence-electron chi connectivity index (χ0n) is 11.3. The molecule has 0 N–H and O–H groups in total. The second kappa shape index (κ2) is 5.14. The van der Waals surface area contributed by atoms with Crippen LogP contribution in [0.5, 0.6) is 0 Å². The molecule has 3 aromatic rings. The summed E-state index contributed by atoms with van der Waals surface area (Å²) in [5.74, 6) is 1.62. The van der Waals surface area contributed by atoms with Crippen molar-refractivity contribution in [3.05, 3.63) is 54.6 Å². The number of hydrogen-bond acceptors (Lipinski definition) is 6. The molecule has 0 bridgehead atoms. The third-order valence-electron chi connectivity index (χ3n) is 3.65. The van der Waals surface area contributed by atoms with Crippen molar-refractivity contribution in [3.63, 3.8) is 0 Å². The van der Waals surface area contributed by atoms with Gasteiger partial charge in [0.05, 0.1) is 18.4 Å². The van der Waals surface area contributed by atoms with E-state index in [0.717, 1.165) is 25.2 Å². The van der Waals surface area contributed by atoms with E-state index in [0.29, 0.717) is 17.6 Å². The van der Waals surface area contributed by atoms with Crippen molar-refractivity contribution >= 4 is 0 Å². The molecule has 6 heteroatoms. The molecular weight excluding hydrogens is 268 g/mol. The zero-order chi connectivity index (χ0) is 14.1. The highest BCUT2D eigenvalue weighted by Gasteiger charge is 2.32. The lowest BCUT2D eigenvalue weighted by Gasteiger charge is -2.36. The fraction of sp³-hybridized carbons (Fsp3) is 0.267. The number of nitrogens with zero attached hydrogens (tertiary/aromatic N) is 4. The summed E-state index contributed by atoms with van der Waals surface area (Å²) in [6.45, 7) is 2.76. The maximum Gasteiger partial charge on any atom is 0.232 e. The lowest BCUT2D eigenvalue weighted by molar-refractivity contribution is 0.117. The monoisotopic (exact) mass is 282 g/mol. The number of pyridine rings is 1. The van der Waals surface area contributed by atoms with E-state index in [2.05, 4.69) is 20.0 Å². The molecule has 0 amide bonds. The summed E-state index contributed by atoms with van der Waals surface area (Å²) < 4.78 is 10.4.